The van der Waals surface area contributed by atoms with E-state index >= 15 is 0 Å². The van der Waals surface area contributed by atoms with Gasteiger partial charge in [-0.15, -0.1) is 0 Å². The number of anilines is 1. The highest BCUT2D eigenvalue weighted by Crippen LogP contribution is 2.37. The van der Waals surface area contributed by atoms with Gasteiger partial charge < -0.3 is 10.5 Å². The Morgan fingerprint density at radius 3 is 2.35 bits per heavy atom. The van der Waals surface area contributed by atoms with E-state index < -0.39 is 11.6 Å². The van der Waals surface area contributed by atoms with E-state index in [0.29, 0.717) is 0 Å². The van der Waals surface area contributed by atoms with Crippen molar-refractivity contribution in [1.29, 1.82) is 10.5 Å². The number of benzene rings is 2. The Labute approximate surface area is 147 Å². The minimum absolute atomic E-state index is 0.0128. The SMILES string of the molecule is N#Cc1c(N)nc(Oc2cccc(F)c2)c(C#N)c1-c1ccccc1F. The van der Waals surface area contributed by atoms with E-state index in [1.165, 1.54) is 36.4 Å². The van der Waals surface area contributed by atoms with E-state index in [-0.39, 0.29) is 39.7 Å². The van der Waals surface area contributed by atoms with Crippen LogP contribution in [0, 0.1) is 34.3 Å². The second-order valence-corrected chi connectivity index (χ2v) is 5.19. The van der Waals surface area contributed by atoms with Crippen LogP contribution in [-0.4, -0.2) is 4.98 Å². The molecule has 0 saturated heterocycles. The van der Waals surface area contributed by atoms with E-state index in [4.69, 9.17) is 10.5 Å². The first-order valence-electron chi connectivity index (χ1n) is 7.37. The third-order valence-electron chi connectivity index (χ3n) is 3.57. The van der Waals surface area contributed by atoms with Crippen LogP contribution >= 0.6 is 0 Å². The highest BCUT2D eigenvalue weighted by atomic mass is 19.1. The van der Waals surface area contributed by atoms with Crippen molar-refractivity contribution in [3.63, 3.8) is 0 Å². The van der Waals surface area contributed by atoms with Gasteiger partial charge in [-0.2, -0.15) is 15.5 Å². The number of halogens is 2. The van der Waals surface area contributed by atoms with Gasteiger partial charge in [0.1, 0.15) is 46.5 Å². The molecule has 5 nitrogen and oxygen atoms in total. The van der Waals surface area contributed by atoms with Gasteiger partial charge in [-0.25, -0.2) is 8.78 Å². The van der Waals surface area contributed by atoms with Crippen LogP contribution < -0.4 is 10.5 Å². The summed E-state index contributed by atoms with van der Waals surface area (Å²) in [6.45, 7) is 0. The van der Waals surface area contributed by atoms with Crippen LogP contribution in [0.1, 0.15) is 11.1 Å². The molecule has 0 atom stereocenters. The average molecular weight is 348 g/mol. The first-order valence-corrected chi connectivity index (χ1v) is 7.37. The molecule has 0 saturated carbocycles. The summed E-state index contributed by atoms with van der Waals surface area (Å²) < 4.78 is 33.1. The van der Waals surface area contributed by atoms with Crippen LogP contribution in [0.15, 0.2) is 48.5 Å². The van der Waals surface area contributed by atoms with Crippen LogP contribution in [0.25, 0.3) is 11.1 Å². The van der Waals surface area contributed by atoms with Gasteiger partial charge in [0.05, 0.1) is 0 Å². The van der Waals surface area contributed by atoms with E-state index in [0.717, 1.165) is 6.07 Å². The molecule has 26 heavy (non-hydrogen) atoms. The highest BCUT2D eigenvalue weighted by Gasteiger charge is 2.23. The monoisotopic (exact) mass is 348 g/mol. The molecule has 0 bridgehead atoms. The normalized spacial score (nSPS) is 10.0. The molecule has 2 N–H and O–H groups in total. The Morgan fingerprint density at radius 1 is 0.962 bits per heavy atom. The summed E-state index contributed by atoms with van der Waals surface area (Å²) in [4.78, 5) is 3.92. The van der Waals surface area contributed by atoms with Crippen LogP contribution in [0.5, 0.6) is 11.6 Å². The number of hydrogen-bond donors (Lipinski definition) is 1. The van der Waals surface area contributed by atoms with Gasteiger partial charge in [0.2, 0.25) is 5.88 Å². The molecule has 0 aliphatic carbocycles. The molecule has 1 heterocycles. The smallest absolute Gasteiger partial charge is 0.239 e. The number of hydrogen-bond acceptors (Lipinski definition) is 5. The van der Waals surface area contributed by atoms with Gasteiger partial charge in [0.15, 0.2) is 0 Å². The Bertz CT molecular complexity index is 1080. The summed E-state index contributed by atoms with van der Waals surface area (Å²) >= 11 is 0. The number of pyridine rings is 1. The maximum atomic E-state index is 14.3. The lowest BCUT2D eigenvalue weighted by Crippen LogP contribution is -2.04. The molecule has 126 valence electrons. The van der Waals surface area contributed by atoms with Crippen molar-refractivity contribution in [2.45, 2.75) is 0 Å². The van der Waals surface area contributed by atoms with E-state index in [1.807, 2.05) is 12.1 Å². The number of nitrogens with zero attached hydrogens (tertiary/aromatic N) is 3. The van der Waals surface area contributed by atoms with Crippen LogP contribution in [0.4, 0.5) is 14.6 Å². The molecule has 7 heteroatoms. The number of ether oxygens (including phenoxy) is 1. The van der Waals surface area contributed by atoms with Gasteiger partial charge in [-0.3, -0.25) is 0 Å². The topological polar surface area (TPSA) is 95.7 Å². The molecule has 0 fully saturated rings. The number of rotatable bonds is 3. The second-order valence-electron chi connectivity index (χ2n) is 5.19. The van der Waals surface area contributed by atoms with Crippen molar-refractivity contribution >= 4 is 5.82 Å². The average Bonchev–Trinajstić information content (AvgIpc) is 2.62. The zero-order valence-corrected chi connectivity index (χ0v) is 13.2. The van der Waals surface area contributed by atoms with Crippen molar-refractivity contribution in [2.75, 3.05) is 5.73 Å². The fourth-order valence-corrected chi connectivity index (χ4v) is 2.45. The molecule has 0 amide bonds. The zero-order valence-electron chi connectivity index (χ0n) is 13.2. The lowest BCUT2D eigenvalue weighted by molar-refractivity contribution is 0.457. The third kappa shape index (κ3) is 3.02. The predicted molar refractivity (Wildman–Crippen MR) is 89.9 cm³/mol. The second kappa shape index (κ2) is 6.88. The van der Waals surface area contributed by atoms with Gasteiger partial charge in [-0.05, 0) is 18.2 Å². The predicted octanol–water partition coefficient (Wildman–Crippen LogP) is 4.14. The summed E-state index contributed by atoms with van der Waals surface area (Å²) in [5, 5.41) is 19.0. The molecule has 0 spiro atoms. The zero-order chi connectivity index (χ0) is 18.7. The largest absolute Gasteiger partial charge is 0.437 e. The molecule has 0 aliphatic heterocycles. The lowest BCUT2D eigenvalue weighted by atomic mass is 9.96. The number of nitrogens with two attached hydrogens (primary N) is 1. The molecule has 0 aliphatic rings. The number of aromatic nitrogens is 1. The fraction of sp³-hybridized carbons (Fsp3) is 0. The Morgan fingerprint density at radius 2 is 1.69 bits per heavy atom. The summed E-state index contributed by atoms with van der Waals surface area (Å²) in [6.07, 6.45) is 0. The molecule has 3 rings (SSSR count). The Kier molecular flexibility index (Phi) is 4.46. The molecule has 1 aromatic heterocycles. The first-order chi connectivity index (χ1) is 12.5. The molecular formula is C19H10F2N4O. The molecule has 0 unspecified atom stereocenters. The molecular weight excluding hydrogens is 338 g/mol. The Balaban J connectivity index is 2.27. The van der Waals surface area contributed by atoms with Crippen LogP contribution in [0.2, 0.25) is 0 Å². The fourth-order valence-electron chi connectivity index (χ4n) is 2.45. The minimum Gasteiger partial charge on any atom is -0.437 e. The van der Waals surface area contributed by atoms with Crippen molar-refractivity contribution < 1.29 is 13.5 Å². The lowest BCUT2D eigenvalue weighted by Gasteiger charge is -2.14. The Hall–Kier alpha value is -3.97. The standard InChI is InChI=1S/C19H10F2N4O/c20-11-4-3-5-12(8-11)26-19-15(10-23)17(14(9-22)18(24)25-19)13-6-1-2-7-16(13)21/h1-8H,(H2,24,25). The van der Waals surface area contributed by atoms with Crippen LogP contribution in [0.3, 0.4) is 0 Å². The summed E-state index contributed by atoms with van der Waals surface area (Å²) in [5.74, 6) is -1.57. The van der Waals surface area contributed by atoms with Gasteiger partial charge in [-0.1, -0.05) is 24.3 Å². The third-order valence-corrected chi connectivity index (χ3v) is 3.57. The summed E-state index contributed by atoms with van der Waals surface area (Å²) in [7, 11) is 0. The quantitative estimate of drug-likeness (QED) is 0.767. The molecule has 3 aromatic rings. The maximum Gasteiger partial charge on any atom is 0.239 e. The van der Waals surface area contributed by atoms with E-state index in [2.05, 4.69) is 4.98 Å². The van der Waals surface area contributed by atoms with Crippen molar-refractivity contribution in [3.05, 3.63) is 71.3 Å². The van der Waals surface area contributed by atoms with Crippen LogP contribution in [-0.2, 0) is 0 Å². The van der Waals surface area contributed by atoms with E-state index in [1.54, 1.807) is 6.07 Å². The number of nitrogen functional groups attached to an aromatic ring is 1. The minimum atomic E-state index is -0.636. The number of nitriles is 2. The first kappa shape index (κ1) is 16.9. The van der Waals surface area contributed by atoms with Crippen molar-refractivity contribution in [1.82, 2.24) is 4.98 Å². The van der Waals surface area contributed by atoms with Gasteiger partial charge in [0, 0.05) is 17.2 Å². The molecule has 2 aromatic carbocycles. The summed E-state index contributed by atoms with van der Waals surface area (Å²) in [5.41, 5.74) is 5.48. The maximum absolute atomic E-state index is 14.3. The summed E-state index contributed by atoms with van der Waals surface area (Å²) in [6, 6.07) is 14.6. The highest BCUT2D eigenvalue weighted by molar-refractivity contribution is 5.82. The van der Waals surface area contributed by atoms with Crippen molar-refractivity contribution in [2.24, 2.45) is 0 Å². The van der Waals surface area contributed by atoms with E-state index in [9.17, 15) is 19.3 Å². The van der Waals surface area contributed by atoms with Crippen molar-refractivity contribution in [3.8, 4) is 34.9 Å². The van der Waals surface area contributed by atoms with Gasteiger partial charge in [0.25, 0.3) is 0 Å². The van der Waals surface area contributed by atoms with Gasteiger partial charge >= 0.3 is 0 Å². The molecule has 0 radical (unpaired) electrons.